The van der Waals surface area contributed by atoms with Crippen LogP contribution >= 0.6 is 7.75 Å². The van der Waals surface area contributed by atoms with Crippen LogP contribution < -0.4 is 15.3 Å². The lowest BCUT2D eigenvalue weighted by Gasteiger charge is -2.31. The number of nitrogen functional groups attached to an aromatic ring is 1. The van der Waals surface area contributed by atoms with E-state index < -0.39 is 62.0 Å². The Labute approximate surface area is 318 Å². The molecule has 0 saturated carbocycles. The molecule has 0 aliphatic carbocycles. The van der Waals surface area contributed by atoms with E-state index in [1.807, 2.05) is 0 Å². The van der Waals surface area contributed by atoms with Crippen LogP contribution in [0.4, 0.5) is 19.0 Å². The second kappa shape index (κ2) is 19.7. The van der Waals surface area contributed by atoms with Crippen molar-refractivity contribution >= 4 is 30.7 Å². The summed E-state index contributed by atoms with van der Waals surface area (Å²) in [5.41, 5.74) is 4.56. The highest BCUT2D eigenvalue weighted by Gasteiger charge is 2.48. The number of hydrogen-bond acceptors (Lipinski definition) is 11. The maximum atomic E-state index is 14.6. The molecule has 3 heterocycles. The molecule has 5 atom stereocenters. The number of nitrogens with two attached hydrogens (primary N) is 1. The van der Waals surface area contributed by atoms with Crippen LogP contribution in [-0.2, 0) is 29.8 Å². The first-order valence-corrected chi connectivity index (χ1v) is 20.3. The Morgan fingerprint density at radius 1 is 1.04 bits per heavy atom. The fraction of sp³-hybridized carbons (Fsp3) is 0.526. The largest absolute Gasteiger partial charge is 0.465 e. The molecule has 1 aliphatic rings. The number of ether oxygens (including phenoxy) is 2. The van der Waals surface area contributed by atoms with Crippen molar-refractivity contribution in [2.24, 2.45) is 0 Å². The van der Waals surface area contributed by atoms with Crippen molar-refractivity contribution < 1.29 is 46.2 Å². The van der Waals surface area contributed by atoms with E-state index >= 15 is 0 Å². The number of halogens is 3. The normalized spacial score (nSPS) is 20.0. The van der Waals surface area contributed by atoms with Gasteiger partial charge in [0.25, 0.3) is 0 Å². The number of nitrogens with one attached hydrogen (secondary N) is 1. The minimum atomic E-state index is -4.57. The molecule has 2 aromatic carbocycles. The molecule has 13 nitrogen and oxygen atoms in total. The molecule has 0 radical (unpaired) electrons. The van der Waals surface area contributed by atoms with Gasteiger partial charge >= 0.3 is 19.8 Å². The molecule has 55 heavy (non-hydrogen) atoms. The Balaban J connectivity index is 1.29. The molecule has 0 unspecified atom stereocenters. The number of aliphatic hydroxyl groups excluding tert-OH is 1. The summed E-state index contributed by atoms with van der Waals surface area (Å²) in [6, 6.07) is 9.42. The number of imidazole rings is 1. The topological polar surface area (TPSA) is 173 Å². The fourth-order valence-corrected chi connectivity index (χ4v) is 8.01. The van der Waals surface area contributed by atoms with Gasteiger partial charge in [0.15, 0.2) is 17.0 Å². The predicted octanol–water partition coefficient (Wildman–Crippen LogP) is 7.73. The molecule has 4 N–H and O–H groups in total. The number of carbonyl (C=O) groups is 1. The van der Waals surface area contributed by atoms with Gasteiger partial charge in [0.1, 0.15) is 35.3 Å². The summed E-state index contributed by atoms with van der Waals surface area (Å²) in [6.07, 6.45) is 8.63. The van der Waals surface area contributed by atoms with E-state index in [4.69, 9.17) is 24.3 Å². The number of para-hydroxylation sites is 1. The van der Waals surface area contributed by atoms with Crippen molar-refractivity contribution in [3.8, 4) is 5.75 Å². The van der Waals surface area contributed by atoms with Gasteiger partial charge in [0.2, 0.25) is 0 Å². The van der Waals surface area contributed by atoms with E-state index in [0.717, 1.165) is 37.8 Å². The molecular formula is C38H50F3N6O7P. The van der Waals surface area contributed by atoms with Crippen molar-refractivity contribution in [2.45, 2.75) is 115 Å². The van der Waals surface area contributed by atoms with Crippen molar-refractivity contribution in [2.75, 3.05) is 18.9 Å². The second-order valence-electron chi connectivity index (χ2n) is 14.0. The van der Waals surface area contributed by atoms with Crippen LogP contribution in [0, 0.1) is 17.7 Å². The van der Waals surface area contributed by atoms with Crippen LogP contribution in [0.25, 0.3) is 11.2 Å². The smallest absolute Gasteiger partial charge is 0.459 e. The molecule has 17 heteroatoms. The number of hydrogen-bond donors (Lipinski definition) is 3. The first-order valence-electron chi connectivity index (χ1n) is 18.8. The quantitative estimate of drug-likeness (QED) is 0.0307. The minimum absolute atomic E-state index is 0.0207. The molecule has 1 fully saturated rings. The summed E-state index contributed by atoms with van der Waals surface area (Å²) in [6.45, 7) is 3.26. The Hall–Kier alpha value is -4.08. The standard InChI is InChI=1S/C38H50F3N6O7P/c1-3-4-5-6-7-8-9-10-11-15-18-51-36(49)30(21-26-19-27(39)22-28(40)20-26)46-55(50,54-29-16-13-12-14-17-29)52-24-38(2)31(48)23-32(53-38)47-25-43-33-34(42)44-37(41)45-35(33)47/h12-14,16-17,19-20,22,25,30-32,48H,3-11,15,18,21,23-24H2,1-2H3,(H,46,50)(H2,42,44,45)/t30-,31-,32+,38+,55-/m0/s1. The van der Waals surface area contributed by atoms with Gasteiger partial charge in [-0.1, -0.05) is 82.9 Å². The lowest BCUT2D eigenvalue weighted by atomic mass is 10.0. The Kier molecular flexibility index (Phi) is 15.1. The summed E-state index contributed by atoms with van der Waals surface area (Å²) >= 11 is 0. The van der Waals surface area contributed by atoms with Gasteiger partial charge in [-0.25, -0.2) is 18.3 Å². The van der Waals surface area contributed by atoms with Gasteiger partial charge in [-0.05, 0) is 49.6 Å². The van der Waals surface area contributed by atoms with Gasteiger partial charge in [-0.2, -0.15) is 19.4 Å². The number of unbranched alkanes of at least 4 members (excludes halogenated alkanes) is 9. The molecule has 0 spiro atoms. The average Bonchev–Trinajstić information content (AvgIpc) is 3.69. The van der Waals surface area contributed by atoms with E-state index in [0.29, 0.717) is 12.5 Å². The van der Waals surface area contributed by atoms with Crippen molar-refractivity contribution in [1.29, 1.82) is 0 Å². The lowest BCUT2D eigenvalue weighted by molar-refractivity contribution is -0.146. The maximum Gasteiger partial charge on any atom is 0.459 e. The summed E-state index contributed by atoms with van der Waals surface area (Å²) in [5.74, 6) is -2.60. The van der Waals surface area contributed by atoms with Gasteiger partial charge in [0.05, 0.1) is 25.6 Å². The lowest BCUT2D eigenvalue weighted by Crippen LogP contribution is -2.43. The molecule has 1 aliphatic heterocycles. The van der Waals surface area contributed by atoms with Crippen molar-refractivity contribution in [3.05, 3.63) is 78.1 Å². The molecule has 4 aromatic rings. The van der Waals surface area contributed by atoms with Crippen LogP contribution in [-0.4, -0.2) is 61.6 Å². The zero-order valence-electron chi connectivity index (χ0n) is 31.2. The van der Waals surface area contributed by atoms with Crippen LogP contribution in [0.15, 0.2) is 54.9 Å². The van der Waals surface area contributed by atoms with Gasteiger partial charge in [0, 0.05) is 12.5 Å². The highest BCUT2D eigenvalue weighted by molar-refractivity contribution is 7.52. The number of anilines is 1. The molecular weight excluding hydrogens is 740 g/mol. The van der Waals surface area contributed by atoms with E-state index in [2.05, 4.69) is 27.0 Å². The van der Waals surface area contributed by atoms with Gasteiger partial charge in [-0.15, -0.1) is 0 Å². The number of rotatable bonds is 22. The first-order chi connectivity index (χ1) is 26.4. The molecule has 0 amide bonds. The number of nitrogens with zero attached hydrogens (tertiary/aromatic N) is 4. The third-order valence-corrected chi connectivity index (χ3v) is 11.0. The Morgan fingerprint density at radius 2 is 1.69 bits per heavy atom. The zero-order chi connectivity index (χ0) is 39.4. The first kappa shape index (κ1) is 42.1. The Morgan fingerprint density at radius 3 is 2.36 bits per heavy atom. The van der Waals surface area contributed by atoms with Crippen LogP contribution in [0.2, 0.25) is 0 Å². The summed E-state index contributed by atoms with van der Waals surface area (Å²) in [4.78, 5) is 25.0. The predicted molar refractivity (Wildman–Crippen MR) is 199 cm³/mol. The number of aliphatic hydroxyl groups is 1. The molecule has 1 saturated heterocycles. The van der Waals surface area contributed by atoms with E-state index in [9.17, 15) is 27.6 Å². The zero-order valence-corrected chi connectivity index (χ0v) is 32.1. The summed E-state index contributed by atoms with van der Waals surface area (Å²) in [5, 5.41) is 13.8. The van der Waals surface area contributed by atoms with Gasteiger partial charge in [-0.3, -0.25) is 13.9 Å². The van der Waals surface area contributed by atoms with Crippen molar-refractivity contribution in [3.63, 3.8) is 0 Å². The average molecular weight is 791 g/mol. The summed E-state index contributed by atoms with van der Waals surface area (Å²) < 4.78 is 82.0. The molecule has 5 rings (SSSR count). The van der Waals surface area contributed by atoms with Crippen molar-refractivity contribution in [1.82, 2.24) is 24.6 Å². The third kappa shape index (κ3) is 12.0. The molecule has 300 valence electrons. The second-order valence-corrected chi connectivity index (χ2v) is 15.7. The monoisotopic (exact) mass is 790 g/mol. The van der Waals surface area contributed by atoms with Crippen LogP contribution in [0.3, 0.4) is 0 Å². The number of carbonyl (C=O) groups excluding carboxylic acids is 1. The maximum absolute atomic E-state index is 14.6. The van der Waals surface area contributed by atoms with Crippen LogP contribution in [0.1, 0.15) is 96.3 Å². The summed E-state index contributed by atoms with van der Waals surface area (Å²) in [7, 11) is -4.57. The fourth-order valence-electron chi connectivity index (χ4n) is 6.42. The molecule has 2 aromatic heterocycles. The van der Waals surface area contributed by atoms with E-state index in [1.165, 1.54) is 62.1 Å². The minimum Gasteiger partial charge on any atom is -0.465 e. The van der Waals surface area contributed by atoms with Crippen LogP contribution in [0.5, 0.6) is 5.75 Å². The van der Waals surface area contributed by atoms with E-state index in [-0.39, 0.29) is 47.7 Å². The highest BCUT2D eigenvalue weighted by atomic mass is 31.2. The highest BCUT2D eigenvalue weighted by Crippen LogP contribution is 2.48. The van der Waals surface area contributed by atoms with E-state index in [1.54, 1.807) is 18.2 Å². The third-order valence-electron chi connectivity index (χ3n) is 9.46. The SMILES string of the molecule is CCCCCCCCCCCCOC(=O)[C@H](Cc1cc(F)cc(F)c1)N[P@](=O)(OC[C@@]1(C)O[C@@H](n2cnc3c(N)nc(F)nc32)C[C@@H]1O)Oc1ccccc1. The number of fused-ring (bicyclic) bond motifs is 1. The number of benzene rings is 2. The number of esters is 1. The molecule has 0 bridgehead atoms. The van der Waals surface area contributed by atoms with Gasteiger partial charge < -0.3 is 24.8 Å². The Bertz CT molecular complexity index is 1890. The number of aromatic nitrogens is 4.